The van der Waals surface area contributed by atoms with E-state index in [0.29, 0.717) is 5.92 Å². The van der Waals surface area contributed by atoms with Crippen LogP contribution in [0.3, 0.4) is 0 Å². The van der Waals surface area contributed by atoms with Crippen molar-refractivity contribution in [2.45, 2.75) is 52.6 Å². The smallest absolute Gasteiger partial charge is 0.244 e. The molecule has 2 saturated carbocycles. The molecule has 0 saturated heterocycles. The van der Waals surface area contributed by atoms with E-state index in [0.717, 1.165) is 28.5 Å². The van der Waals surface area contributed by atoms with Gasteiger partial charge in [0.2, 0.25) is 5.91 Å². The van der Waals surface area contributed by atoms with Gasteiger partial charge in [-0.15, -0.1) is 0 Å². The zero-order valence-corrected chi connectivity index (χ0v) is 16.4. The number of benzene rings is 2. The summed E-state index contributed by atoms with van der Waals surface area (Å²) in [5.41, 5.74) is 3.90. The number of hydrogen-bond acceptors (Lipinski definition) is 3. The minimum absolute atomic E-state index is 0.0622. The molecule has 3 atom stereocenters. The number of fused-ring (bicyclic) bond motifs is 2. The Hall–Kier alpha value is -2.36. The summed E-state index contributed by atoms with van der Waals surface area (Å²) in [6, 6.07) is 12.2. The summed E-state index contributed by atoms with van der Waals surface area (Å²) in [6.07, 6.45) is 6.63. The van der Waals surface area contributed by atoms with E-state index in [4.69, 9.17) is 4.74 Å². The summed E-state index contributed by atoms with van der Waals surface area (Å²) in [7, 11) is 0. The third kappa shape index (κ3) is 3.33. The van der Waals surface area contributed by atoms with Gasteiger partial charge in [-0.05, 0) is 54.9 Å². The highest BCUT2D eigenvalue weighted by atomic mass is 16.5. The molecule has 0 aromatic heterocycles. The van der Waals surface area contributed by atoms with Gasteiger partial charge in [-0.2, -0.15) is 5.10 Å². The van der Waals surface area contributed by atoms with Crippen molar-refractivity contribution in [2.24, 2.45) is 22.4 Å². The van der Waals surface area contributed by atoms with Crippen LogP contribution in [0.1, 0.15) is 52.0 Å². The zero-order chi connectivity index (χ0) is 19.0. The van der Waals surface area contributed by atoms with Crippen molar-refractivity contribution in [1.82, 2.24) is 5.43 Å². The third-order valence-electron chi connectivity index (χ3n) is 6.28. The lowest BCUT2D eigenvalue weighted by molar-refractivity contribution is -0.123. The van der Waals surface area contributed by atoms with Crippen LogP contribution in [0.2, 0.25) is 0 Å². The fourth-order valence-corrected chi connectivity index (χ4v) is 4.85. The van der Waals surface area contributed by atoms with Crippen LogP contribution in [-0.2, 0) is 4.79 Å². The molecule has 0 aliphatic heterocycles. The highest BCUT2D eigenvalue weighted by Gasteiger charge is 2.64. The first-order chi connectivity index (χ1) is 13.0. The van der Waals surface area contributed by atoms with Crippen molar-refractivity contribution in [3.63, 3.8) is 0 Å². The molecule has 2 aromatic rings. The number of hydrazone groups is 1. The van der Waals surface area contributed by atoms with E-state index in [1.54, 1.807) is 6.21 Å². The molecular weight excluding hydrogens is 336 g/mol. The Morgan fingerprint density at radius 3 is 2.81 bits per heavy atom. The predicted octanol–water partition coefficient (Wildman–Crippen LogP) is 4.90. The Balaban J connectivity index is 1.54. The van der Waals surface area contributed by atoms with Crippen LogP contribution in [0.5, 0.6) is 5.75 Å². The molecule has 4 nitrogen and oxygen atoms in total. The maximum absolute atomic E-state index is 12.6. The molecule has 2 aliphatic rings. The second-order valence-corrected chi connectivity index (χ2v) is 8.44. The molecule has 0 bridgehead atoms. The summed E-state index contributed by atoms with van der Waals surface area (Å²) in [5, 5.41) is 6.50. The molecule has 0 radical (unpaired) electrons. The second-order valence-electron chi connectivity index (χ2n) is 8.44. The number of amides is 1. The fraction of sp³-hybridized carbons (Fsp3) is 0.478. The summed E-state index contributed by atoms with van der Waals surface area (Å²) in [4.78, 5) is 12.6. The van der Waals surface area contributed by atoms with Crippen LogP contribution in [0.25, 0.3) is 10.8 Å². The molecule has 4 rings (SSSR count). The molecule has 142 valence electrons. The molecule has 2 aromatic carbocycles. The van der Waals surface area contributed by atoms with Gasteiger partial charge in [0, 0.05) is 11.5 Å². The molecule has 2 fully saturated rings. The first-order valence-corrected chi connectivity index (χ1v) is 10.0. The first kappa shape index (κ1) is 18.0. The molecule has 1 amide bonds. The lowest BCUT2D eigenvalue weighted by Crippen LogP contribution is -2.22. The Morgan fingerprint density at radius 1 is 1.26 bits per heavy atom. The van der Waals surface area contributed by atoms with Crippen LogP contribution in [0, 0.1) is 17.3 Å². The van der Waals surface area contributed by atoms with Crippen molar-refractivity contribution in [1.29, 1.82) is 0 Å². The molecule has 27 heavy (non-hydrogen) atoms. The largest absolute Gasteiger partial charge is 0.490 e. The number of nitrogens with zero attached hydrogens (tertiary/aromatic N) is 1. The number of ether oxygens (including phenoxy) is 1. The number of nitrogens with one attached hydrogen (secondary N) is 1. The maximum Gasteiger partial charge on any atom is 0.244 e. The molecule has 0 heterocycles. The lowest BCUT2D eigenvalue weighted by atomic mass is 9.90. The standard InChI is InChI=1S/C23H28N2O2/c1-15(2)27-20-12-11-16-8-4-5-9-17(16)18(20)14-24-25-22(26)21-19-10-6-7-13-23(19,21)3/h4-5,8-9,11-12,14-15,19,21H,6-7,10,13H2,1-3H3,(H,25,26)/b24-14-/t19-,21-,23+/m0/s1. The van der Waals surface area contributed by atoms with Crippen LogP contribution in [0.15, 0.2) is 41.5 Å². The van der Waals surface area contributed by atoms with E-state index < -0.39 is 0 Å². The first-order valence-electron chi connectivity index (χ1n) is 10.0. The van der Waals surface area contributed by atoms with Crippen molar-refractivity contribution in [3.8, 4) is 5.75 Å². The SMILES string of the molecule is CC(C)Oc1ccc2ccccc2c1/C=N\NC(=O)[C@@H]1[C@@H]2CCCC[C@@]12C. The van der Waals surface area contributed by atoms with Gasteiger partial charge in [0.15, 0.2) is 0 Å². The zero-order valence-electron chi connectivity index (χ0n) is 16.4. The van der Waals surface area contributed by atoms with E-state index in [1.807, 2.05) is 32.0 Å². The van der Waals surface area contributed by atoms with Gasteiger partial charge in [-0.25, -0.2) is 5.43 Å². The van der Waals surface area contributed by atoms with Gasteiger partial charge < -0.3 is 4.74 Å². The Labute approximate surface area is 161 Å². The molecule has 0 unspecified atom stereocenters. The summed E-state index contributed by atoms with van der Waals surface area (Å²) < 4.78 is 5.96. The van der Waals surface area contributed by atoms with Gasteiger partial charge in [0.05, 0.1) is 12.3 Å². The van der Waals surface area contributed by atoms with Crippen molar-refractivity contribution < 1.29 is 9.53 Å². The van der Waals surface area contributed by atoms with Gasteiger partial charge in [-0.1, -0.05) is 50.1 Å². The highest BCUT2D eigenvalue weighted by molar-refractivity contribution is 6.02. The second kappa shape index (κ2) is 6.99. The normalized spacial score (nSPS) is 27.0. The number of rotatable bonds is 5. The summed E-state index contributed by atoms with van der Waals surface area (Å²) in [5.74, 6) is 1.51. The molecule has 2 aliphatic carbocycles. The monoisotopic (exact) mass is 364 g/mol. The molecular formula is C23H28N2O2. The van der Waals surface area contributed by atoms with Crippen LogP contribution in [-0.4, -0.2) is 18.2 Å². The molecule has 1 N–H and O–H groups in total. The van der Waals surface area contributed by atoms with E-state index in [-0.39, 0.29) is 23.3 Å². The predicted molar refractivity (Wildman–Crippen MR) is 109 cm³/mol. The van der Waals surface area contributed by atoms with E-state index >= 15 is 0 Å². The van der Waals surface area contributed by atoms with Crippen molar-refractivity contribution in [2.75, 3.05) is 0 Å². The summed E-state index contributed by atoms with van der Waals surface area (Å²) in [6.45, 7) is 6.27. The lowest BCUT2D eigenvalue weighted by Gasteiger charge is -2.15. The Morgan fingerprint density at radius 2 is 2.07 bits per heavy atom. The van der Waals surface area contributed by atoms with Gasteiger partial charge in [0.1, 0.15) is 5.75 Å². The minimum atomic E-state index is 0.0622. The molecule has 4 heteroatoms. The van der Waals surface area contributed by atoms with Gasteiger partial charge in [-0.3, -0.25) is 4.79 Å². The van der Waals surface area contributed by atoms with Crippen LogP contribution in [0.4, 0.5) is 0 Å². The quantitative estimate of drug-likeness (QED) is 0.606. The van der Waals surface area contributed by atoms with Gasteiger partial charge >= 0.3 is 0 Å². The van der Waals surface area contributed by atoms with Crippen molar-refractivity contribution >= 4 is 22.9 Å². The van der Waals surface area contributed by atoms with Crippen LogP contribution < -0.4 is 10.2 Å². The average Bonchev–Trinajstić information content (AvgIpc) is 3.28. The van der Waals surface area contributed by atoms with Gasteiger partial charge in [0.25, 0.3) is 0 Å². The maximum atomic E-state index is 12.6. The van der Waals surface area contributed by atoms with Crippen molar-refractivity contribution in [3.05, 3.63) is 42.0 Å². The minimum Gasteiger partial charge on any atom is -0.490 e. The average molecular weight is 364 g/mol. The summed E-state index contributed by atoms with van der Waals surface area (Å²) >= 11 is 0. The number of hydrogen-bond donors (Lipinski definition) is 1. The van der Waals surface area contributed by atoms with E-state index in [1.165, 1.54) is 19.3 Å². The molecule has 0 spiro atoms. The van der Waals surface area contributed by atoms with E-state index in [9.17, 15) is 4.79 Å². The van der Waals surface area contributed by atoms with Crippen LogP contribution >= 0.6 is 0 Å². The number of carbonyl (C=O) groups is 1. The van der Waals surface area contributed by atoms with E-state index in [2.05, 4.69) is 35.7 Å². The fourth-order valence-electron chi connectivity index (χ4n) is 4.85. The third-order valence-corrected chi connectivity index (χ3v) is 6.28. The number of carbonyl (C=O) groups excluding carboxylic acids is 1. The highest BCUT2D eigenvalue weighted by Crippen LogP contribution is 2.66. The Bertz CT molecular complexity index is 889. The topological polar surface area (TPSA) is 50.7 Å². The Kier molecular flexibility index (Phi) is 4.67.